The molecule has 0 atom stereocenters. The first kappa shape index (κ1) is 34.3. The molecule has 1 aromatic heterocycles. The van der Waals surface area contributed by atoms with E-state index in [0.717, 1.165) is 52.2 Å². The van der Waals surface area contributed by atoms with Gasteiger partial charge in [-0.3, -0.25) is 0 Å². The van der Waals surface area contributed by atoms with Gasteiger partial charge < -0.3 is 9.88 Å². The van der Waals surface area contributed by atoms with Crippen LogP contribution in [0.1, 0.15) is 46.4 Å². The van der Waals surface area contributed by atoms with Crippen LogP contribution in [0.3, 0.4) is 0 Å². The molecule has 0 amide bonds. The van der Waals surface area contributed by atoms with E-state index in [1.807, 2.05) is 72.8 Å². The summed E-state index contributed by atoms with van der Waals surface area (Å²) in [6, 6.07) is 38.9. The lowest BCUT2D eigenvalue weighted by atomic mass is 9.97. The van der Waals surface area contributed by atoms with Gasteiger partial charge in [-0.05, 0) is 85.4 Å². The Labute approximate surface area is 317 Å². The summed E-state index contributed by atoms with van der Waals surface area (Å²) in [5.41, 5.74) is 10.7. The molecule has 9 rings (SSSR count). The molecule has 4 nitrogen and oxygen atoms in total. The summed E-state index contributed by atoms with van der Waals surface area (Å²) in [7, 11) is 0. The van der Waals surface area contributed by atoms with E-state index in [1.165, 1.54) is 34.0 Å². The van der Waals surface area contributed by atoms with Crippen molar-refractivity contribution in [3.05, 3.63) is 189 Å². The highest BCUT2D eigenvalue weighted by atomic mass is 19.4. The lowest BCUT2D eigenvalue weighted by Crippen LogP contribution is -2.38. The topological polar surface area (TPSA) is 41.7 Å². The number of hydrogen-bond donors (Lipinski definition) is 1. The van der Waals surface area contributed by atoms with Crippen LogP contribution in [0.2, 0.25) is 0 Å². The van der Waals surface area contributed by atoms with Gasteiger partial charge in [0.25, 0.3) is 0 Å². The average Bonchev–Trinajstić information content (AvgIpc) is 3.54. The van der Waals surface area contributed by atoms with Crippen molar-refractivity contribution in [1.82, 2.24) is 9.88 Å². The number of aliphatic imine (C=N–C) groups is 2. The lowest BCUT2D eigenvalue weighted by Gasteiger charge is -2.19. The predicted octanol–water partition coefficient (Wildman–Crippen LogP) is 10.0. The Morgan fingerprint density at radius 3 is 2.16 bits per heavy atom. The second kappa shape index (κ2) is 13.7. The largest absolute Gasteiger partial charge is 0.416 e. The van der Waals surface area contributed by atoms with Crippen LogP contribution in [-0.2, 0) is 6.42 Å². The molecule has 55 heavy (non-hydrogen) atoms. The monoisotopic (exact) mass is 726 g/mol. The Bertz CT molecular complexity index is 2780. The summed E-state index contributed by atoms with van der Waals surface area (Å²) in [5.74, 6) is 1.63. The highest BCUT2D eigenvalue weighted by Gasteiger charge is 2.33. The number of halogens is 3. The molecule has 270 valence electrons. The number of hydrogen-bond acceptors (Lipinski definition) is 3. The fraction of sp³-hybridized carbons (Fsp3) is 0.125. The molecule has 0 spiro atoms. The predicted molar refractivity (Wildman–Crippen MR) is 219 cm³/mol. The van der Waals surface area contributed by atoms with E-state index in [0.29, 0.717) is 39.9 Å². The summed E-state index contributed by atoms with van der Waals surface area (Å²) >= 11 is 0. The molecule has 1 aliphatic heterocycles. The minimum atomic E-state index is -4.48. The number of amidine groups is 2. The molecule has 7 heteroatoms. The van der Waals surface area contributed by atoms with Gasteiger partial charge in [0.1, 0.15) is 11.7 Å². The minimum absolute atomic E-state index is 0.349. The Balaban J connectivity index is 1.32. The molecule has 5 aromatic carbocycles. The summed E-state index contributed by atoms with van der Waals surface area (Å²) in [6.45, 7) is 4.25. The van der Waals surface area contributed by atoms with Crippen molar-refractivity contribution >= 4 is 40.0 Å². The molecule has 0 bridgehead atoms. The molecule has 2 heterocycles. The van der Waals surface area contributed by atoms with Gasteiger partial charge in [0, 0.05) is 38.7 Å². The molecule has 0 fully saturated rings. The van der Waals surface area contributed by atoms with Gasteiger partial charge in [0.15, 0.2) is 5.84 Å². The molecular formula is C48H37F3N4. The fourth-order valence-corrected chi connectivity index (χ4v) is 7.94. The van der Waals surface area contributed by atoms with Crippen molar-refractivity contribution in [2.75, 3.05) is 0 Å². The van der Waals surface area contributed by atoms with Gasteiger partial charge in [0.2, 0.25) is 0 Å². The van der Waals surface area contributed by atoms with Crippen LogP contribution < -0.4 is 15.8 Å². The van der Waals surface area contributed by atoms with Crippen LogP contribution in [0.4, 0.5) is 13.2 Å². The average molecular weight is 727 g/mol. The first-order chi connectivity index (χ1) is 26.7. The summed E-state index contributed by atoms with van der Waals surface area (Å²) in [5, 5.41) is 6.01. The zero-order valence-electron chi connectivity index (χ0n) is 30.5. The van der Waals surface area contributed by atoms with E-state index in [2.05, 4.69) is 78.3 Å². The van der Waals surface area contributed by atoms with Crippen molar-refractivity contribution in [3.8, 4) is 16.8 Å². The SMILES string of the molecule is Cc1cc(C)cc(-c2ccc3c(c2)c2c(n3-c3ccc(=C4C=C(C(F)(F)F)C=CC4)c(=C4N=C(c5ccccc5)N=C(c5ccccc5)N4)c3)CCC=C2)c1. The van der Waals surface area contributed by atoms with Gasteiger partial charge in [-0.15, -0.1) is 0 Å². The van der Waals surface area contributed by atoms with E-state index in [1.54, 1.807) is 6.08 Å². The van der Waals surface area contributed by atoms with Crippen LogP contribution in [-0.4, -0.2) is 22.4 Å². The number of alkyl halides is 3. The zero-order chi connectivity index (χ0) is 37.7. The van der Waals surface area contributed by atoms with E-state index in [4.69, 9.17) is 9.98 Å². The van der Waals surface area contributed by atoms with Crippen molar-refractivity contribution in [2.45, 2.75) is 39.3 Å². The highest BCUT2D eigenvalue weighted by molar-refractivity contribution is 6.16. The Hall–Kier alpha value is -6.47. The number of fused-ring (bicyclic) bond motifs is 3. The van der Waals surface area contributed by atoms with Crippen LogP contribution >= 0.6 is 0 Å². The van der Waals surface area contributed by atoms with Crippen molar-refractivity contribution in [2.24, 2.45) is 9.98 Å². The van der Waals surface area contributed by atoms with Crippen molar-refractivity contribution in [1.29, 1.82) is 0 Å². The quantitative estimate of drug-likeness (QED) is 0.193. The standard InChI is InChI=1S/C48H37F3N4/c1-30-24-31(2)26-36(25-30)34-20-23-44-41(28-34)40-18-9-10-19-43(40)55(44)38-21-22-39(35-16-11-17-37(27-35)48(49,50)51)42(29-38)47-53-45(32-12-5-3-6-13-32)52-46(54-47)33-14-7-4-8-15-33/h3-9,11-15,17-18,20-29H,10,16,19H2,1-2H3,(H,52,53,54). The van der Waals surface area contributed by atoms with Crippen LogP contribution in [0.5, 0.6) is 0 Å². The van der Waals surface area contributed by atoms with Crippen LogP contribution in [0.25, 0.3) is 45.2 Å². The summed E-state index contributed by atoms with van der Waals surface area (Å²) < 4.78 is 44.6. The fourth-order valence-electron chi connectivity index (χ4n) is 7.94. The van der Waals surface area contributed by atoms with Gasteiger partial charge in [-0.1, -0.05) is 126 Å². The van der Waals surface area contributed by atoms with Gasteiger partial charge >= 0.3 is 6.18 Å². The number of allylic oxidation sites excluding steroid dienone is 5. The van der Waals surface area contributed by atoms with E-state index in [9.17, 15) is 13.2 Å². The Morgan fingerprint density at radius 2 is 1.42 bits per heavy atom. The van der Waals surface area contributed by atoms with E-state index in [-0.39, 0.29) is 0 Å². The van der Waals surface area contributed by atoms with Gasteiger partial charge in [-0.25, -0.2) is 9.98 Å². The number of aromatic nitrogens is 1. The molecule has 1 N–H and O–H groups in total. The Kier molecular flexibility index (Phi) is 8.57. The molecule has 0 saturated carbocycles. The third-order valence-electron chi connectivity index (χ3n) is 10.4. The first-order valence-corrected chi connectivity index (χ1v) is 18.5. The maximum atomic E-state index is 14.1. The number of aryl methyl sites for hydroxylation is 2. The third kappa shape index (κ3) is 6.56. The van der Waals surface area contributed by atoms with Crippen LogP contribution in [0, 0.1) is 13.8 Å². The molecule has 6 aromatic rings. The third-order valence-corrected chi connectivity index (χ3v) is 10.4. The number of nitrogens with zero attached hydrogens (tertiary/aromatic N) is 3. The molecule has 0 saturated heterocycles. The van der Waals surface area contributed by atoms with Gasteiger partial charge in [0.05, 0.1) is 11.1 Å². The molecule has 2 aliphatic carbocycles. The molecule has 0 radical (unpaired) electrons. The van der Waals surface area contributed by atoms with Crippen molar-refractivity contribution in [3.63, 3.8) is 0 Å². The normalized spacial score (nSPS) is 17.4. The zero-order valence-corrected chi connectivity index (χ0v) is 30.5. The number of nitrogens with one attached hydrogen (secondary N) is 1. The van der Waals surface area contributed by atoms with Crippen molar-refractivity contribution < 1.29 is 13.2 Å². The Morgan fingerprint density at radius 1 is 0.673 bits per heavy atom. The highest BCUT2D eigenvalue weighted by Crippen LogP contribution is 2.37. The second-order valence-electron chi connectivity index (χ2n) is 14.3. The maximum absolute atomic E-state index is 14.1. The summed E-state index contributed by atoms with van der Waals surface area (Å²) in [6.07, 6.45) is 6.10. The van der Waals surface area contributed by atoms with Crippen LogP contribution in [0.15, 0.2) is 155 Å². The molecular weight excluding hydrogens is 690 g/mol. The van der Waals surface area contributed by atoms with E-state index >= 15 is 0 Å². The van der Waals surface area contributed by atoms with E-state index < -0.39 is 11.7 Å². The molecule has 0 unspecified atom stereocenters. The minimum Gasteiger partial charge on any atom is -0.324 e. The first-order valence-electron chi connectivity index (χ1n) is 18.5. The molecule has 3 aliphatic rings. The number of benzene rings is 5. The second-order valence-corrected chi connectivity index (χ2v) is 14.3. The van der Waals surface area contributed by atoms with Gasteiger partial charge in [-0.2, -0.15) is 13.2 Å². The number of rotatable bonds is 4. The summed E-state index contributed by atoms with van der Waals surface area (Å²) in [4.78, 5) is 10.0. The lowest BCUT2D eigenvalue weighted by molar-refractivity contribution is -0.0882. The maximum Gasteiger partial charge on any atom is 0.416 e. The smallest absolute Gasteiger partial charge is 0.324 e.